The third kappa shape index (κ3) is 6.27. The molecule has 1 saturated heterocycles. The SMILES string of the molecule is COc1ccc2ncc(CN)c([C@H](O)CCC3(C(=O)NO)CCN(CCCc4ccccc4)CC3)c2c1. The molecule has 1 fully saturated rings. The van der Waals surface area contributed by atoms with Gasteiger partial charge in [-0.15, -0.1) is 0 Å². The number of likely N-dealkylation sites (tertiary alicyclic amines) is 1. The fraction of sp³-hybridized carbons (Fsp3) is 0.448. The number of aromatic nitrogens is 1. The summed E-state index contributed by atoms with van der Waals surface area (Å²) in [7, 11) is 1.60. The van der Waals surface area contributed by atoms with Gasteiger partial charge in [-0.2, -0.15) is 0 Å². The molecule has 5 N–H and O–H groups in total. The number of hydrogen-bond acceptors (Lipinski definition) is 7. The number of rotatable bonds is 11. The average molecular weight is 507 g/mol. The first-order chi connectivity index (χ1) is 18.0. The lowest BCUT2D eigenvalue weighted by Gasteiger charge is -2.40. The molecular formula is C29H38N4O4. The Kier molecular flexibility index (Phi) is 9.10. The van der Waals surface area contributed by atoms with Crippen molar-refractivity contribution in [1.82, 2.24) is 15.4 Å². The summed E-state index contributed by atoms with van der Waals surface area (Å²) in [6.07, 6.45) is 5.04. The van der Waals surface area contributed by atoms with Crippen LogP contribution in [0.4, 0.5) is 0 Å². The van der Waals surface area contributed by atoms with Crippen LogP contribution in [0.25, 0.3) is 10.9 Å². The van der Waals surface area contributed by atoms with Crippen LogP contribution in [0.5, 0.6) is 5.75 Å². The number of aliphatic hydroxyl groups excluding tert-OH is 1. The topological polar surface area (TPSA) is 121 Å². The molecule has 1 amide bonds. The number of pyridine rings is 1. The normalized spacial score (nSPS) is 16.4. The van der Waals surface area contributed by atoms with Gasteiger partial charge in [-0.05, 0) is 93.0 Å². The van der Waals surface area contributed by atoms with Crippen molar-refractivity contribution in [2.24, 2.45) is 11.1 Å². The van der Waals surface area contributed by atoms with Gasteiger partial charge in [0.2, 0.25) is 5.91 Å². The Hall–Kier alpha value is -3.04. The Bertz CT molecular complexity index is 1170. The van der Waals surface area contributed by atoms with E-state index in [0.29, 0.717) is 31.4 Å². The molecule has 8 nitrogen and oxygen atoms in total. The zero-order valence-corrected chi connectivity index (χ0v) is 21.5. The molecule has 8 heteroatoms. The first kappa shape index (κ1) is 27.0. The van der Waals surface area contributed by atoms with Gasteiger partial charge in [-0.3, -0.25) is 15.0 Å². The van der Waals surface area contributed by atoms with E-state index in [0.717, 1.165) is 54.5 Å². The number of aryl methyl sites for hydroxylation is 1. The van der Waals surface area contributed by atoms with E-state index in [-0.39, 0.29) is 12.5 Å². The fourth-order valence-corrected chi connectivity index (χ4v) is 5.54. The molecule has 1 aromatic heterocycles. The number of carbonyl (C=O) groups is 1. The predicted octanol–water partition coefficient (Wildman–Crippen LogP) is 3.74. The molecule has 0 aliphatic carbocycles. The maximum Gasteiger partial charge on any atom is 0.249 e. The Balaban J connectivity index is 1.43. The van der Waals surface area contributed by atoms with Crippen molar-refractivity contribution in [3.8, 4) is 5.75 Å². The van der Waals surface area contributed by atoms with Gasteiger partial charge in [0.25, 0.3) is 0 Å². The number of nitrogens with zero attached hydrogens (tertiary/aromatic N) is 2. The Morgan fingerprint density at radius 1 is 1.22 bits per heavy atom. The summed E-state index contributed by atoms with van der Waals surface area (Å²) in [6.45, 7) is 2.77. The molecule has 2 heterocycles. The lowest BCUT2D eigenvalue weighted by Crippen LogP contribution is -2.48. The number of methoxy groups -OCH3 is 1. The van der Waals surface area contributed by atoms with Crippen molar-refractivity contribution >= 4 is 16.8 Å². The van der Waals surface area contributed by atoms with E-state index >= 15 is 0 Å². The van der Waals surface area contributed by atoms with Gasteiger partial charge in [-0.25, -0.2) is 5.48 Å². The standard InChI is InChI=1S/C29H38N4O4/c1-37-23-9-10-25-24(18-23)27(22(19-30)20-31-25)26(34)11-12-29(28(35)32-36)13-16-33(17-14-29)15-5-8-21-6-3-2-4-7-21/h2-4,6-7,9-10,18,20,26,34,36H,5,8,11-17,19,30H2,1H3,(H,32,35)/t26-/m1/s1. The number of nitrogens with two attached hydrogens (primary N) is 1. The molecule has 0 bridgehead atoms. The molecule has 2 aromatic carbocycles. The van der Waals surface area contributed by atoms with E-state index in [9.17, 15) is 15.1 Å². The summed E-state index contributed by atoms with van der Waals surface area (Å²) in [5.74, 6) is 0.302. The van der Waals surface area contributed by atoms with E-state index in [4.69, 9.17) is 10.5 Å². The highest BCUT2D eigenvalue weighted by Gasteiger charge is 2.41. The molecule has 198 valence electrons. The summed E-state index contributed by atoms with van der Waals surface area (Å²) in [5, 5.41) is 21.7. The van der Waals surface area contributed by atoms with Crippen molar-refractivity contribution in [1.29, 1.82) is 0 Å². The number of aliphatic hydroxyl groups is 1. The number of hydroxylamine groups is 1. The maximum absolute atomic E-state index is 12.9. The van der Waals surface area contributed by atoms with E-state index in [1.54, 1.807) is 13.3 Å². The number of fused-ring (bicyclic) bond motifs is 1. The van der Waals surface area contributed by atoms with Crippen molar-refractivity contribution in [2.75, 3.05) is 26.7 Å². The second kappa shape index (κ2) is 12.5. The monoisotopic (exact) mass is 506 g/mol. The number of benzene rings is 2. The Morgan fingerprint density at radius 2 is 1.97 bits per heavy atom. The summed E-state index contributed by atoms with van der Waals surface area (Å²) in [4.78, 5) is 19.7. The zero-order chi connectivity index (χ0) is 26.3. The molecule has 0 saturated carbocycles. The van der Waals surface area contributed by atoms with Crippen molar-refractivity contribution in [3.05, 3.63) is 71.4 Å². The molecule has 1 aliphatic heterocycles. The van der Waals surface area contributed by atoms with Crippen LogP contribution >= 0.6 is 0 Å². The van der Waals surface area contributed by atoms with Crippen molar-refractivity contribution in [2.45, 2.75) is 51.2 Å². The van der Waals surface area contributed by atoms with Gasteiger partial charge in [0.15, 0.2) is 0 Å². The van der Waals surface area contributed by atoms with Gasteiger partial charge in [0, 0.05) is 18.1 Å². The van der Waals surface area contributed by atoms with E-state index in [1.165, 1.54) is 5.56 Å². The highest BCUT2D eigenvalue weighted by Crippen LogP contribution is 2.40. The number of amides is 1. The summed E-state index contributed by atoms with van der Waals surface area (Å²) < 4.78 is 5.38. The molecule has 1 aliphatic rings. The fourth-order valence-electron chi connectivity index (χ4n) is 5.54. The number of nitrogens with one attached hydrogen (secondary N) is 1. The van der Waals surface area contributed by atoms with Crippen LogP contribution in [0.15, 0.2) is 54.7 Å². The second-order valence-corrected chi connectivity index (χ2v) is 9.99. The van der Waals surface area contributed by atoms with Crippen LogP contribution in [0, 0.1) is 5.41 Å². The minimum Gasteiger partial charge on any atom is -0.497 e. The van der Waals surface area contributed by atoms with Gasteiger partial charge in [0.1, 0.15) is 5.75 Å². The molecule has 4 rings (SSSR count). The molecule has 0 radical (unpaired) electrons. The minimum absolute atomic E-state index is 0.243. The molecule has 0 spiro atoms. The van der Waals surface area contributed by atoms with Crippen LogP contribution in [0.3, 0.4) is 0 Å². The van der Waals surface area contributed by atoms with Crippen LogP contribution in [-0.4, -0.2) is 52.8 Å². The van der Waals surface area contributed by atoms with Crippen LogP contribution in [0.2, 0.25) is 0 Å². The van der Waals surface area contributed by atoms with Crippen molar-refractivity contribution in [3.63, 3.8) is 0 Å². The Labute approximate surface area is 218 Å². The second-order valence-electron chi connectivity index (χ2n) is 9.99. The molecule has 1 atom stereocenters. The molecular weight excluding hydrogens is 468 g/mol. The zero-order valence-electron chi connectivity index (χ0n) is 21.5. The third-order valence-corrected chi connectivity index (χ3v) is 7.83. The lowest BCUT2D eigenvalue weighted by atomic mass is 9.73. The summed E-state index contributed by atoms with van der Waals surface area (Å²) in [6, 6.07) is 16.0. The van der Waals surface area contributed by atoms with Gasteiger partial charge in [-0.1, -0.05) is 30.3 Å². The van der Waals surface area contributed by atoms with Gasteiger partial charge < -0.3 is 20.5 Å². The summed E-state index contributed by atoms with van der Waals surface area (Å²) in [5.41, 5.74) is 10.7. The van der Waals surface area contributed by atoms with Gasteiger partial charge in [0.05, 0.1) is 24.1 Å². The highest BCUT2D eigenvalue weighted by atomic mass is 16.5. The average Bonchev–Trinajstić information content (AvgIpc) is 2.95. The minimum atomic E-state index is -0.830. The Morgan fingerprint density at radius 3 is 2.65 bits per heavy atom. The highest BCUT2D eigenvalue weighted by molar-refractivity contribution is 5.85. The van der Waals surface area contributed by atoms with E-state index in [1.807, 2.05) is 29.7 Å². The van der Waals surface area contributed by atoms with E-state index < -0.39 is 11.5 Å². The predicted molar refractivity (Wildman–Crippen MR) is 143 cm³/mol. The number of piperidine rings is 1. The quantitative estimate of drug-likeness (QED) is 0.231. The van der Waals surface area contributed by atoms with Gasteiger partial charge >= 0.3 is 0 Å². The van der Waals surface area contributed by atoms with Crippen LogP contribution < -0.4 is 16.0 Å². The molecule has 0 unspecified atom stereocenters. The number of ether oxygens (including phenoxy) is 1. The lowest BCUT2D eigenvalue weighted by molar-refractivity contribution is -0.143. The largest absolute Gasteiger partial charge is 0.497 e. The summed E-state index contributed by atoms with van der Waals surface area (Å²) >= 11 is 0. The third-order valence-electron chi connectivity index (χ3n) is 7.83. The smallest absolute Gasteiger partial charge is 0.249 e. The van der Waals surface area contributed by atoms with Crippen LogP contribution in [0.1, 0.15) is 54.9 Å². The first-order valence-corrected chi connectivity index (χ1v) is 13.0. The van der Waals surface area contributed by atoms with Crippen LogP contribution in [-0.2, 0) is 17.8 Å². The number of carbonyl (C=O) groups excluding carboxylic acids is 1. The molecule has 37 heavy (non-hydrogen) atoms. The molecule has 3 aromatic rings. The first-order valence-electron chi connectivity index (χ1n) is 13.0. The number of hydrogen-bond donors (Lipinski definition) is 4. The maximum atomic E-state index is 12.9. The van der Waals surface area contributed by atoms with E-state index in [2.05, 4.69) is 34.1 Å². The van der Waals surface area contributed by atoms with Crippen molar-refractivity contribution < 1.29 is 19.8 Å².